The van der Waals surface area contributed by atoms with Gasteiger partial charge in [0.05, 0.1) is 11.6 Å². The van der Waals surface area contributed by atoms with Crippen molar-refractivity contribution in [3.8, 4) is 6.07 Å². The van der Waals surface area contributed by atoms with Crippen LogP contribution in [0, 0.1) is 17.2 Å². The van der Waals surface area contributed by atoms with Gasteiger partial charge in [0.2, 0.25) is 0 Å². The summed E-state index contributed by atoms with van der Waals surface area (Å²) in [5.41, 5.74) is 2.04. The van der Waals surface area contributed by atoms with Crippen molar-refractivity contribution in [3.05, 3.63) is 29.8 Å². The van der Waals surface area contributed by atoms with Gasteiger partial charge in [0, 0.05) is 30.9 Å². The van der Waals surface area contributed by atoms with E-state index in [0.717, 1.165) is 30.1 Å². The zero-order valence-corrected chi connectivity index (χ0v) is 12.5. The molecule has 3 aliphatic rings. The van der Waals surface area contributed by atoms with E-state index in [-0.39, 0.29) is 0 Å². The number of rotatable bonds is 2. The SMILES string of the molecule is N#Cc1ccc(N2CCC3C(CCCN3C3CC3)C2)cc1. The van der Waals surface area contributed by atoms with E-state index in [1.165, 1.54) is 50.9 Å². The van der Waals surface area contributed by atoms with Crippen LogP contribution in [0.15, 0.2) is 24.3 Å². The van der Waals surface area contributed by atoms with Crippen molar-refractivity contribution < 1.29 is 0 Å². The fourth-order valence-electron chi connectivity index (χ4n) is 4.28. The van der Waals surface area contributed by atoms with Crippen molar-refractivity contribution in [2.24, 2.45) is 5.92 Å². The summed E-state index contributed by atoms with van der Waals surface area (Å²) in [6, 6.07) is 12.1. The number of hydrogen-bond donors (Lipinski definition) is 0. The maximum absolute atomic E-state index is 8.91. The largest absolute Gasteiger partial charge is 0.371 e. The average Bonchev–Trinajstić information content (AvgIpc) is 3.39. The molecule has 0 amide bonds. The third kappa shape index (κ3) is 2.53. The molecular formula is C18H23N3. The minimum atomic E-state index is 0.756. The van der Waals surface area contributed by atoms with E-state index in [1.54, 1.807) is 0 Å². The smallest absolute Gasteiger partial charge is 0.0991 e. The Morgan fingerprint density at radius 2 is 1.81 bits per heavy atom. The summed E-state index contributed by atoms with van der Waals surface area (Å²) < 4.78 is 0. The minimum absolute atomic E-state index is 0.756. The highest BCUT2D eigenvalue weighted by atomic mass is 15.3. The summed E-state index contributed by atoms with van der Waals surface area (Å²) in [7, 11) is 0. The van der Waals surface area contributed by atoms with Gasteiger partial charge < -0.3 is 4.90 Å². The number of anilines is 1. The molecule has 110 valence electrons. The number of benzene rings is 1. The molecule has 2 heterocycles. The van der Waals surface area contributed by atoms with E-state index >= 15 is 0 Å². The molecule has 2 saturated heterocycles. The number of nitriles is 1. The predicted molar refractivity (Wildman–Crippen MR) is 84.2 cm³/mol. The topological polar surface area (TPSA) is 30.3 Å². The molecule has 21 heavy (non-hydrogen) atoms. The Balaban J connectivity index is 1.47. The Kier molecular flexibility index (Phi) is 3.35. The van der Waals surface area contributed by atoms with Crippen molar-refractivity contribution in [2.45, 2.75) is 44.2 Å². The highest BCUT2D eigenvalue weighted by Crippen LogP contribution is 2.39. The van der Waals surface area contributed by atoms with E-state index in [0.29, 0.717) is 0 Å². The molecule has 2 aliphatic heterocycles. The minimum Gasteiger partial charge on any atom is -0.371 e. The van der Waals surface area contributed by atoms with E-state index < -0.39 is 0 Å². The normalized spacial score (nSPS) is 29.8. The lowest BCUT2D eigenvalue weighted by molar-refractivity contribution is 0.0698. The molecule has 3 heteroatoms. The molecule has 0 radical (unpaired) electrons. The maximum atomic E-state index is 8.91. The summed E-state index contributed by atoms with van der Waals surface area (Å²) in [5, 5.41) is 8.91. The van der Waals surface area contributed by atoms with Crippen molar-refractivity contribution in [1.29, 1.82) is 5.26 Å². The molecule has 0 spiro atoms. The van der Waals surface area contributed by atoms with Crippen LogP contribution in [0.2, 0.25) is 0 Å². The Labute approximate surface area is 127 Å². The first-order valence-electron chi connectivity index (χ1n) is 8.36. The number of likely N-dealkylation sites (tertiary alicyclic amines) is 1. The van der Waals surface area contributed by atoms with Crippen LogP contribution in [0.25, 0.3) is 0 Å². The van der Waals surface area contributed by atoms with Crippen LogP contribution in [0.3, 0.4) is 0 Å². The third-order valence-electron chi connectivity index (χ3n) is 5.49. The highest BCUT2D eigenvalue weighted by Gasteiger charge is 2.41. The molecule has 1 aliphatic carbocycles. The lowest BCUT2D eigenvalue weighted by atomic mass is 9.83. The van der Waals surface area contributed by atoms with Gasteiger partial charge in [-0.2, -0.15) is 5.26 Å². The average molecular weight is 281 g/mol. The number of piperidine rings is 2. The van der Waals surface area contributed by atoms with Crippen molar-refractivity contribution in [1.82, 2.24) is 4.90 Å². The summed E-state index contributed by atoms with van der Waals surface area (Å²) in [4.78, 5) is 5.35. The van der Waals surface area contributed by atoms with Crippen molar-refractivity contribution in [2.75, 3.05) is 24.5 Å². The second-order valence-electron chi connectivity index (χ2n) is 6.83. The Morgan fingerprint density at radius 1 is 1.00 bits per heavy atom. The molecular weight excluding hydrogens is 258 g/mol. The molecule has 0 bridgehead atoms. The van der Waals surface area contributed by atoms with E-state index in [2.05, 4.69) is 28.0 Å². The molecule has 0 aromatic heterocycles. The summed E-state index contributed by atoms with van der Waals surface area (Å²) in [5.74, 6) is 0.837. The quantitative estimate of drug-likeness (QED) is 0.835. The lowest BCUT2D eigenvalue weighted by Gasteiger charge is -2.48. The van der Waals surface area contributed by atoms with Gasteiger partial charge in [-0.3, -0.25) is 4.90 Å². The molecule has 3 fully saturated rings. The van der Waals surface area contributed by atoms with Gasteiger partial charge in [0.25, 0.3) is 0 Å². The first-order valence-corrected chi connectivity index (χ1v) is 8.36. The third-order valence-corrected chi connectivity index (χ3v) is 5.49. The van der Waals surface area contributed by atoms with E-state index in [4.69, 9.17) is 5.26 Å². The summed E-state index contributed by atoms with van der Waals surface area (Å²) in [6.07, 6.45) is 6.94. The van der Waals surface area contributed by atoms with E-state index in [9.17, 15) is 0 Å². The van der Waals surface area contributed by atoms with Gasteiger partial charge in [0.1, 0.15) is 0 Å². The maximum Gasteiger partial charge on any atom is 0.0991 e. The van der Waals surface area contributed by atoms with Crippen LogP contribution in [0.1, 0.15) is 37.7 Å². The zero-order chi connectivity index (χ0) is 14.2. The standard InChI is InChI=1S/C18H23N3/c19-12-14-3-5-16(6-4-14)20-11-9-18-15(13-20)2-1-10-21(18)17-7-8-17/h3-6,15,17-18H,1-2,7-11,13H2. The van der Waals surface area contributed by atoms with Crippen LogP contribution in [0.5, 0.6) is 0 Å². The van der Waals surface area contributed by atoms with Gasteiger partial charge in [-0.25, -0.2) is 0 Å². The Morgan fingerprint density at radius 3 is 2.52 bits per heavy atom. The predicted octanol–water partition coefficient (Wildman–Crippen LogP) is 3.01. The highest BCUT2D eigenvalue weighted by molar-refractivity contribution is 5.50. The first-order chi connectivity index (χ1) is 10.3. The number of hydrogen-bond acceptors (Lipinski definition) is 3. The van der Waals surface area contributed by atoms with Crippen molar-refractivity contribution in [3.63, 3.8) is 0 Å². The molecule has 1 aromatic rings. The zero-order valence-electron chi connectivity index (χ0n) is 12.5. The van der Waals surface area contributed by atoms with Crippen LogP contribution < -0.4 is 4.90 Å². The molecule has 3 nitrogen and oxygen atoms in total. The molecule has 0 N–H and O–H groups in total. The van der Waals surface area contributed by atoms with Gasteiger partial charge in [-0.1, -0.05) is 0 Å². The van der Waals surface area contributed by atoms with Crippen LogP contribution in [0.4, 0.5) is 5.69 Å². The molecule has 4 rings (SSSR count). The molecule has 1 aromatic carbocycles. The van der Waals surface area contributed by atoms with Crippen LogP contribution in [-0.2, 0) is 0 Å². The Bertz CT molecular complexity index is 541. The summed E-state index contributed by atoms with van der Waals surface area (Å²) >= 11 is 0. The Hall–Kier alpha value is -1.53. The molecule has 2 atom stereocenters. The fourth-order valence-corrected chi connectivity index (χ4v) is 4.28. The second kappa shape index (κ2) is 5.35. The number of nitrogens with zero attached hydrogens (tertiary/aromatic N) is 3. The number of fused-ring (bicyclic) bond motifs is 1. The monoisotopic (exact) mass is 281 g/mol. The van der Waals surface area contributed by atoms with E-state index in [1.807, 2.05) is 12.1 Å². The molecule has 2 unspecified atom stereocenters. The van der Waals surface area contributed by atoms with Gasteiger partial charge in [-0.15, -0.1) is 0 Å². The van der Waals surface area contributed by atoms with Crippen LogP contribution >= 0.6 is 0 Å². The van der Waals surface area contributed by atoms with Gasteiger partial charge >= 0.3 is 0 Å². The van der Waals surface area contributed by atoms with Crippen LogP contribution in [-0.4, -0.2) is 36.6 Å². The summed E-state index contributed by atoms with van der Waals surface area (Å²) in [6.45, 7) is 3.69. The molecule has 1 saturated carbocycles. The van der Waals surface area contributed by atoms with Gasteiger partial charge in [-0.05, 0) is 68.8 Å². The lowest BCUT2D eigenvalue weighted by Crippen LogP contribution is -2.54. The first kappa shape index (κ1) is 13.2. The fraction of sp³-hybridized carbons (Fsp3) is 0.611. The van der Waals surface area contributed by atoms with Gasteiger partial charge in [0.15, 0.2) is 0 Å². The second-order valence-corrected chi connectivity index (χ2v) is 6.83. The van der Waals surface area contributed by atoms with Crippen molar-refractivity contribution >= 4 is 5.69 Å².